The van der Waals surface area contributed by atoms with Gasteiger partial charge in [-0.15, -0.1) is 11.3 Å². The second kappa shape index (κ2) is 4.98. The molecule has 0 fully saturated rings. The molecular weight excluding hydrogens is 233 g/mol. The highest BCUT2D eigenvalue weighted by molar-refractivity contribution is 7.09. The molecule has 0 saturated heterocycles. The van der Waals surface area contributed by atoms with E-state index in [1.165, 1.54) is 17.0 Å². The topological polar surface area (TPSA) is 26.0 Å². The van der Waals surface area contributed by atoms with Gasteiger partial charge in [-0.1, -0.05) is 18.2 Å². The van der Waals surface area contributed by atoms with Gasteiger partial charge in [0.15, 0.2) is 0 Å². The molecule has 0 spiro atoms. The highest BCUT2D eigenvalue weighted by Crippen LogP contribution is 2.25. The number of benzene rings is 1. The molecule has 0 aliphatic heterocycles. The largest absolute Gasteiger partial charge is 0.322 e. The van der Waals surface area contributed by atoms with Gasteiger partial charge < -0.3 is 5.73 Å². The summed E-state index contributed by atoms with van der Waals surface area (Å²) in [6.45, 7) is 1.99. The second-order valence-electron chi connectivity index (χ2n) is 4.50. The lowest BCUT2D eigenvalue weighted by atomic mass is 9.88. The van der Waals surface area contributed by atoms with Crippen LogP contribution in [0.15, 0.2) is 41.8 Å². The van der Waals surface area contributed by atoms with Crippen LogP contribution in [0, 0.1) is 5.82 Å². The van der Waals surface area contributed by atoms with Gasteiger partial charge in [0, 0.05) is 10.4 Å². The van der Waals surface area contributed by atoms with Crippen molar-refractivity contribution >= 4 is 11.3 Å². The number of aryl methyl sites for hydroxylation is 1. The van der Waals surface area contributed by atoms with Crippen molar-refractivity contribution in [3.05, 3.63) is 58.0 Å². The molecule has 0 saturated carbocycles. The lowest BCUT2D eigenvalue weighted by Crippen LogP contribution is -2.33. The molecule has 0 aliphatic rings. The quantitative estimate of drug-likeness (QED) is 0.878. The summed E-state index contributed by atoms with van der Waals surface area (Å²) < 4.78 is 12.8. The Kier molecular flexibility index (Phi) is 3.60. The number of rotatable bonds is 4. The Hall–Kier alpha value is -1.19. The average Bonchev–Trinajstić information content (AvgIpc) is 2.80. The second-order valence-corrected chi connectivity index (χ2v) is 5.54. The molecule has 0 amide bonds. The van der Waals surface area contributed by atoms with E-state index in [0.717, 1.165) is 18.4 Å². The van der Waals surface area contributed by atoms with E-state index in [1.807, 2.05) is 13.0 Å². The van der Waals surface area contributed by atoms with Crippen LogP contribution < -0.4 is 5.73 Å². The smallest absolute Gasteiger partial charge is 0.123 e. The molecule has 1 atom stereocenters. The molecule has 1 heterocycles. The molecule has 2 aromatic rings. The van der Waals surface area contributed by atoms with Crippen LogP contribution in [0.5, 0.6) is 0 Å². The Morgan fingerprint density at radius 2 is 1.94 bits per heavy atom. The summed E-state index contributed by atoms with van der Waals surface area (Å²) >= 11 is 1.75. The highest BCUT2D eigenvalue weighted by atomic mass is 32.1. The van der Waals surface area contributed by atoms with Gasteiger partial charge in [0.25, 0.3) is 0 Å². The van der Waals surface area contributed by atoms with E-state index in [0.29, 0.717) is 0 Å². The van der Waals surface area contributed by atoms with Crippen molar-refractivity contribution < 1.29 is 4.39 Å². The standard InChI is InChI=1S/C14H16FNS/c1-14(16,9-8-13-3-2-10-17-13)11-4-6-12(15)7-5-11/h2-7,10H,8-9,16H2,1H3. The van der Waals surface area contributed by atoms with Gasteiger partial charge in [-0.05, 0) is 48.9 Å². The van der Waals surface area contributed by atoms with Crippen LogP contribution in [-0.2, 0) is 12.0 Å². The summed E-state index contributed by atoms with van der Waals surface area (Å²) in [4.78, 5) is 1.34. The van der Waals surface area contributed by atoms with E-state index in [9.17, 15) is 4.39 Å². The summed E-state index contributed by atoms with van der Waals surface area (Å²) in [6, 6.07) is 10.6. The maximum absolute atomic E-state index is 12.8. The van der Waals surface area contributed by atoms with Crippen LogP contribution in [0.1, 0.15) is 23.8 Å². The maximum Gasteiger partial charge on any atom is 0.123 e. The van der Waals surface area contributed by atoms with E-state index in [2.05, 4.69) is 11.4 Å². The minimum atomic E-state index is -0.405. The molecule has 2 rings (SSSR count). The van der Waals surface area contributed by atoms with Gasteiger partial charge >= 0.3 is 0 Å². The predicted octanol–water partition coefficient (Wildman–Crippen LogP) is 3.69. The summed E-state index contributed by atoms with van der Waals surface area (Å²) in [5.41, 5.74) is 6.86. The van der Waals surface area contributed by atoms with Crippen molar-refractivity contribution in [2.24, 2.45) is 5.73 Å². The molecule has 1 unspecified atom stereocenters. The summed E-state index contributed by atoms with van der Waals surface area (Å²) in [5, 5.41) is 2.07. The Morgan fingerprint density at radius 3 is 2.53 bits per heavy atom. The van der Waals surface area contributed by atoms with Crippen molar-refractivity contribution in [1.29, 1.82) is 0 Å². The molecular formula is C14H16FNS. The fourth-order valence-corrected chi connectivity index (χ4v) is 2.52. The van der Waals surface area contributed by atoms with E-state index in [1.54, 1.807) is 23.5 Å². The molecule has 0 aliphatic carbocycles. The molecule has 1 aromatic carbocycles. The number of halogens is 1. The van der Waals surface area contributed by atoms with Gasteiger partial charge in [-0.3, -0.25) is 0 Å². The van der Waals surface area contributed by atoms with Crippen molar-refractivity contribution in [2.75, 3.05) is 0 Å². The van der Waals surface area contributed by atoms with Gasteiger partial charge in [-0.25, -0.2) is 4.39 Å². The highest BCUT2D eigenvalue weighted by Gasteiger charge is 2.20. The SMILES string of the molecule is CC(N)(CCc1cccs1)c1ccc(F)cc1. The van der Waals surface area contributed by atoms with Crippen LogP contribution in [0.4, 0.5) is 4.39 Å². The molecule has 90 valence electrons. The average molecular weight is 249 g/mol. The summed E-state index contributed by atoms with van der Waals surface area (Å²) in [5.74, 6) is -0.220. The fourth-order valence-electron chi connectivity index (χ4n) is 1.81. The first-order valence-electron chi connectivity index (χ1n) is 5.65. The third kappa shape index (κ3) is 3.14. The zero-order valence-electron chi connectivity index (χ0n) is 9.82. The van der Waals surface area contributed by atoms with E-state index in [-0.39, 0.29) is 5.82 Å². The summed E-state index contributed by atoms with van der Waals surface area (Å²) in [7, 11) is 0. The minimum absolute atomic E-state index is 0.220. The van der Waals surface area contributed by atoms with Gasteiger partial charge in [-0.2, -0.15) is 0 Å². The van der Waals surface area contributed by atoms with Crippen LogP contribution in [0.3, 0.4) is 0 Å². The first-order valence-corrected chi connectivity index (χ1v) is 6.53. The first-order chi connectivity index (χ1) is 8.08. The number of hydrogen-bond acceptors (Lipinski definition) is 2. The molecule has 3 heteroatoms. The van der Waals surface area contributed by atoms with Gasteiger partial charge in [0.2, 0.25) is 0 Å². The third-order valence-electron chi connectivity index (χ3n) is 2.97. The van der Waals surface area contributed by atoms with Crippen molar-refractivity contribution in [2.45, 2.75) is 25.3 Å². The molecule has 1 nitrogen and oxygen atoms in total. The Balaban J connectivity index is 2.05. The van der Waals surface area contributed by atoms with Crippen LogP contribution in [0.25, 0.3) is 0 Å². The van der Waals surface area contributed by atoms with Gasteiger partial charge in [0.05, 0.1) is 0 Å². The van der Waals surface area contributed by atoms with E-state index >= 15 is 0 Å². The van der Waals surface area contributed by atoms with Crippen molar-refractivity contribution in [3.8, 4) is 0 Å². The van der Waals surface area contributed by atoms with Crippen LogP contribution in [-0.4, -0.2) is 0 Å². The minimum Gasteiger partial charge on any atom is -0.322 e. The Morgan fingerprint density at radius 1 is 1.24 bits per heavy atom. The zero-order chi connectivity index (χ0) is 12.3. The molecule has 1 aromatic heterocycles. The van der Waals surface area contributed by atoms with E-state index < -0.39 is 5.54 Å². The molecule has 17 heavy (non-hydrogen) atoms. The van der Waals surface area contributed by atoms with Gasteiger partial charge in [0.1, 0.15) is 5.82 Å². The number of thiophene rings is 1. The number of nitrogens with two attached hydrogens (primary N) is 1. The van der Waals surface area contributed by atoms with Crippen molar-refractivity contribution in [3.63, 3.8) is 0 Å². The zero-order valence-corrected chi connectivity index (χ0v) is 10.6. The lowest BCUT2D eigenvalue weighted by molar-refractivity contribution is 0.453. The molecule has 2 N–H and O–H groups in total. The van der Waals surface area contributed by atoms with Crippen molar-refractivity contribution in [1.82, 2.24) is 0 Å². The van der Waals surface area contributed by atoms with Crippen LogP contribution >= 0.6 is 11.3 Å². The first kappa shape index (κ1) is 12.3. The maximum atomic E-state index is 12.8. The Bertz CT molecular complexity index is 459. The Labute approximate surface area is 105 Å². The third-order valence-corrected chi connectivity index (χ3v) is 3.91. The van der Waals surface area contributed by atoms with Crippen LogP contribution in [0.2, 0.25) is 0 Å². The number of hydrogen-bond donors (Lipinski definition) is 1. The summed E-state index contributed by atoms with van der Waals surface area (Å²) in [6.07, 6.45) is 1.82. The normalized spacial score (nSPS) is 14.5. The molecule has 0 bridgehead atoms. The fraction of sp³-hybridized carbons (Fsp3) is 0.286. The monoisotopic (exact) mass is 249 g/mol. The molecule has 0 radical (unpaired) electrons. The van der Waals surface area contributed by atoms with E-state index in [4.69, 9.17) is 5.73 Å². The lowest BCUT2D eigenvalue weighted by Gasteiger charge is -2.25. The predicted molar refractivity (Wildman–Crippen MR) is 70.6 cm³/mol.